The van der Waals surface area contributed by atoms with Gasteiger partial charge in [0.1, 0.15) is 0 Å². The number of rotatable bonds is 0. The lowest BCUT2D eigenvalue weighted by Gasteiger charge is -2.57. The van der Waals surface area contributed by atoms with E-state index < -0.39 is 0 Å². The van der Waals surface area contributed by atoms with Crippen LogP contribution in [0.2, 0.25) is 0 Å². The Balaban J connectivity index is 2.00. The van der Waals surface area contributed by atoms with Crippen LogP contribution < -0.4 is 0 Å². The van der Waals surface area contributed by atoms with E-state index in [0.717, 1.165) is 32.1 Å². The summed E-state index contributed by atoms with van der Waals surface area (Å²) < 4.78 is 0. The van der Waals surface area contributed by atoms with Crippen molar-refractivity contribution in [3.8, 4) is 0 Å². The lowest BCUT2D eigenvalue weighted by atomic mass is 9.49. The normalized spacial score (nSPS) is 56.6. The Labute approximate surface area is 104 Å². The Morgan fingerprint density at radius 1 is 0.941 bits per heavy atom. The lowest BCUT2D eigenvalue weighted by molar-refractivity contribution is -0.144. The fraction of sp³-hybridized carbons (Fsp3) is 1.00. The van der Waals surface area contributed by atoms with E-state index in [4.69, 9.17) is 0 Å². The van der Waals surface area contributed by atoms with Crippen LogP contribution in [0.3, 0.4) is 0 Å². The molecular formula is C15H26O2. The molecule has 0 unspecified atom stereocenters. The van der Waals surface area contributed by atoms with Crippen LogP contribution in [0.25, 0.3) is 0 Å². The summed E-state index contributed by atoms with van der Waals surface area (Å²) in [4.78, 5) is 0. The van der Waals surface area contributed by atoms with Crippen LogP contribution in [-0.4, -0.2) is 22.4 Å². The summed E-state index contributed by atoms with van der Waals surface area (Å²) in [6.07, 6.45) is 5.94. The molecule has 3 rings (SSSR count). The average molecular weight is 238 g/mol. The molecule has 0 aliphatic heterocycles. The van der Waals surface area contributed by atoms with Crippen LogP contribution in [0.15, 0.2) is 0 Å². The van der Waals surface area contributed by atoms with E-state index in [9.17, 15) is 10.2 Å². The van der Waals surface area contributed by atoms with Gasteiger partial charge in [-0.1, -0.05) is 20.8 Å². The van der Waals surface area contributed by atoms with Crippen molar-refractivity contribution in [2.75, 3.05) is 0 Å². The zero-order valence-electron chi connectivity index (χ0n) is 11.4. The minimum Gasteiger partial charge on any atom is -0.393 e. The minimum absolute atomic E-state index is 0.0656. The van der Waals surface area contributed by atoms with Crippen molar-refractivity contribution < 1.29 is 10.2 Å². The van der Waals surface area contributed by atoms with Crippen molar-refractivity contribution >= 4 is 0 Å². The highest BCUT2D eigenvalue weighted by molar-refractivity contribution is 5.14. The smallest absolute Gasteiger partial charge is 0.0604 e. The van der Waals surface area contributed by atoms with Gasteiger partial charge in [0.05, 0.1) is 12.2 Å². The quantitative estimate of drug-likeness (QED) is 0.681. The molecule has 3 aliphatic rings. The number of aliphatic hydroxyl groups excluding tert-OH is 2. The first kappa shape index (κ1) is 12.0. The summed E-state index contributed by atoms with van der Waals surface area (Å²) in [6.45, 7) is 6.87. The van der Waals surface area contributed by atoms with Crippen molar-refractivity contribution in [1.82, 2.24) is 0 Å². The van der Waals surface area contributed by atoms with Gasteiger partial charge >= 0.3 is 0 Å². The van der Waals surface area contributed by atoms with Crippen LogP contribution in [0.5, 0.6) is 0 Å². The third-order valence-corrected chi connectivity index (χ3v) is 6.45. The van der Waals surface area contributed by atoms with Gasteiger partial charge in [0.25, 0.3) is 0 Å². The first-order valence-corrected chi connectivity index (χ1v) is 7.16. The van der Waals surface area contributed by atoms with Crippen molar-refractivity contribution in [3.05, 3.63) is 0 Å². The van der Waals surface area contributed by atoms with Crippen LogP contribution >= 0.6 is 0 Å². The molecule has 2 heteroatoms. The third kappa shape index (κ3) is 1.40. The molecular weight excluding hydrogens is 212 g/mol. The van der Waals surface area contributed by atoms with Crippen molar-refractivity contribution in [1.29, 1.82) is 0 Å². The van der Waals surface area contributed by atoms with Crippen LogP contribution in [0, 0.1) is 22.2 Å². The maximum Gasteiger partial charge on any atom is 0.0604 e. The number of hydrogen-bond donors (Lipinski definition) is 2. The second kappa shape index (κ2) is 3.27. The fourth-order valence-corrected chi connectivity index (χ4v) is 5.56. The summed E-state index contributed by atoms with van der Waals surface area (Å²) in [5.41, 5.74) is 0.467. The molecule has 3 fully saturated rings. The molecule has 98 valence electrons. The Morgan fingerprint density at radius 2 is 1.65 bits per heavy atom. The van der Waals surface area contributed by atoms with E-state index in [1.807, 2.05) is 0 Å². The topological polar surface area (TPSA) is 40.5 Å². The molecule has 2 bridgehead atoms. The predicted octanol–water partition coefficient (Wildman–Crippen LogP) is 2.72. The molecule has 2 N–H and O–H groups in total. The zero-order valence-corrected chi connectivity index (χ0v) is 11.4. The van der Waals surface area contributed by atoms with Gasteiger partial charge in [-0.05, 0) is 55.3 Å². The zero-order chi connectivity index (χ0) is 12.5. The van der Waals surface area contributed by atoms with Crippen LogP contribution in [0.1, 0.15) is 59.3 Å². The molecule has 0 aromatic heterocycles. The van der Waals surface area contributed by atoms with E-state index >= 15 is 0 Å². The SMILES string of the molecule is CC1(C)C[C@H](O)[C@@]23CC[C@@H](O)[C@@](C)(CC[C@@H]12)C3. The molecule has 17 heavy (non-hydrogen) atoms. The Bertz CT molecular complexity index is 338. The van der Waals surface area contributed by atoms with Crippen molar-refractivity contribution in [2.45, 2.75) is 71.5 Å². The molecule has 3 saturated carbocycles. The summed E-state index contributed by atoms with van der Waals surface area (Å²) in [5.74, 6) is 0.658. The molecule has 2 nitrogen and oxygen atoms in total. The Morgan fingerprint density at radius 3 is 2.35 bits per heavy atom. The first-order chi connectivity index (χ1) is 7.80. The van der Waals surface area contributed by atoms with Gasteiger partial charge in [0.2, 0.25) is 0 Å². The Kier molecular flexibility index (Phi) is 2.30. The minimum atomic E-state index is -0.148. The second-order valence-corrected chi connectivity index (χ2v) is 7.92. The van der Waals surface area contributed by atoms with Gasteiger partial charge in [-0.3, -0.25) is 0 Å². The molecule has 0 aromatic carbocycles. The van der Waals surface area contributed by atoms with Crippen molar-refractivity contribution in [2.24, 2.45) is 22.2 Å². The highest BCUT2D eigenvalue weighted by atomic mass is 16.3. The van der Waals surface area contributed by atoms with E-state index in [2.05, 4.69) is 20.8 Å². The van der Waals surface area contributed by atoms with Gasteiger partial charge in [-0.25, -0.2) is 0 Å². The van der Waals surface area contributed by atoms with E-state index in [1.54, 1.807) is 0 Å². The molecule has 3 aliphatic carbocycles. The highest BCUT2D eigenvalue weighted by Crippen LogP contribution is 2.68. The number of hydrogen-bond acceptors (Lipinski definition) is 2. The lowest BCUT2D eigenvalue weighted by Crippen LogP contribution is -2.54. The van der Waals surface area contributed by atoms with E-state index in [-0.39, 0.29) is 28.5 Å². The van der Waals surface area contributed by atoms with Crippen LogP contribution in [0.4, 0.5) is 0 Å². The predicted molar refractivity (Wildman–Crippen MR) is 67.5 cm³/mol. The molecule has 5 atom stereocenters. The fourth-order valence-electron chi connectivity index (χ4n) is 5.56. The molecule has 0 heterocycles. The Hall–Kier alpha value is -0.0800. The third-order valence-electron chi connectivity index (χ3n) is 6.45. The van der Waals surface area contributed by atoms with E-state index in [0.29, 0.717) is 5.92 Å². The summed E-state index contributed by atoms with van der Waals surface area (Å²) in [6, 6.07) is 0. The summed E-state index contributed by atoms with van der Waals surface area (Å²) >= 11 is 0. The number of aliphatic hydroxyl groups is 2. The van der Waals surface area contributed by atoms with E-state index in [1.165, 1.54) is 6.42 Å². The maximum absolute atomic E-state index is 10.6. The molecule has 0 aromatic rings. The average Bonchev–Trinajstić information content (AvgIpc) is 2.41. The highest BCUT2D eigenvalue weighted by Gasteiger charge is 2.64. The van der Waals surface area contributed by atoms with Crippen molar-refractivity contribution in [3.63, 3.8) is 0 Å². The first-order valence-electron chi connectivity index (χ1n) is 7.16. The van der Waals surface area contributed by atoms with Gasteiger partial charge in [-0.15, -0.1) is 0 Å². The summed E-state index contributed by atoms with van der Waals surface area (Å²) in [7, 11) is 0. The standard InChI is InChI=1S/C15H26O2/c1-13(2)8-12(17)15-7-5-11(16)14(3,9-15)6-4-10(13)15/h10-12,16-17H,4-9H2,1-3H3/t10-,11+,12-,14-,15+/m0/s1. The second-order valence-electron chi connectivity index (χ2n) is 7.92. The maximum atomic E-state index is 10.6. The molecule has 1 spiro atoms. The monoisotopic (exact) mass is 238 g/mol. The van der Waals surface area contributed by atoms with Gasteiger partial charge in [0.15, 0.2) is 0 Å². The molecule has 0 radical (unpaired) electrons. The summed E-state index contributed by atoms with van der Waals surface area (Å²) in [5, 5.41) is 20.8. The van der Waals surface area contributed by atoms with Gasteiger partial charge in [-0.2, -0.15) is 0 Å². The van der Waals surface area contributed by atoms with Gasteiger partial charge in [0, 0.05) is 5.41 Å². The van der Waals surface area contributed by atoms with Crippen LogP contribution in [-0.2, 0) is 0 Å². The number of fused-ring (bicyclic) bond motifs is 1. The largest absolute Gasteiger partial charge is 0.393 e. The molecule has 0 amide bonds. The van der Waals surface area contributed by atoms with Gasteiger partial charge < -0.3 is 10.2 Å². The molecule has 0 saturated heterocycles.